The zero-order valence-electron chi connectivity index (χ0n) is 8.66. The van der Waals surface area contributed by atoms with Crippen molar-refractivity contribution in [2.45, 2.75) is 13.0 Å². The minimum atomic E-state index is -0.634. The third-order valence-electron chi connectivity index (χ3n) is 2.17. The molecule has 4 N–H and O–H groups in total. The summed E-state index contributed by atoms with van der Waals surface area (Å²) in [5.74, 6) is 4.52. The number of ether oxygens (including phenoxy) is 1. The molecule has 0 radical (unpaired) electrons. The largest absolute Gasteiger partial charge is 0.378 e. The van der Waals surface area contributed by atoms with Crippen LogP contribution in [0.5, 0.6) is 0 Å². The summed E-state index contributed by atoms with van der Waals surface area (Å²) in [5, 5.41) is 2.54. The van der Waals surface area contributed by atoms with Crippen LogP contribution in [-0.2, 0) is 9.53 Å². The van der Waals surface area contributed by atoms with Crippen LogP contribution in [0.25, 0.3) is 0 Å². The Morgan fingerprint density at radius 2 is 2.00 bits per heavy atom. The van der Waals surface area contributed by atoms with E-state index in [1.54, 1.807) is 11.8 Å². The van der Waals surface area contributed by atoms with Crippen molar-refractivity contribution in [2.24, 2.45) is 5.84 Å². The summed E-state index contributed by atoms with van der Waals surface area (Å²) in [5.41, 5.74) is 1.98. The molecule has 0 aromatic heterocycles. The molecule has 0 unspecified atom stereocenters. The van der Waals surface area contributed by atoms with Gasteiger partial charge in [-0.25, -0.2) is 10.6 Å². The number of urea groups is 1. The quantitative estimate of drug-likeness (QED) is 0.294. The Labute approximate surface area is 87.9 Å². The normalized spacial score (nSPS) is 18.1. The lowest BCUT2D eigenvalue weighted by atomic mass is 10.3. The van der Waals surface area contributed by atoms with Crippen molar-refractivity contribution in [1.29, 1.82) is 0 Å². The van der Waals surface area contributed by atoms with Crippen molar-refractivity contribution in [3.05, 3.63) is 0 Å². The van der Waals surface area contributed by atoms with Gasteiger partial charge in [0, 0.05) is 13.1 Å². The summed E-state index contributed by atoms with van der Waals surface area (Å²) < 4.78 is 5.10. The zero-order valence-corrected chi connectivity index (χ0v) is 8.66. The van der Waals surface area contributed by atoms with Gasteiger partial charge in [-0.3, -0.25) is 10.2 Å². The fourth-order valence-electron chi connectivity index (χ4n) is 1.23. The van der Waals surface area contributed by atoms with Crippen molar-refractivity contribution < 1.29 is 14.3 Å². The lowest BCUT2D eigenvalue weighted by molar-refractivity contribution is -0.122. The maximum atomic E-state index is 11.6. The second-order valence-corrected chi connectivity index (χ2v) is 3.28. The Hall–Kier alpha value is -1.34. The molecule has 0 saturated carbocycles. The first-order valence-corrected chi connectivity index (χ1v) is 4.79. The predicted molar refractivity (Wildman–Crippen MR) is 52.7 cm³/mol. The van der Waals surface area contributed by atoms with E-state index in [0.29, 0.717) is 26.3 Å². The van der Waals surface area contributed by atoms with Gasteiger partial charge in [-0.15, -0.1) is 0 Å². The van der Waals surface area contributed by atoms with Gasteiger partial charge in [0.2, 0.25) is 0 Å². The van der Waals surface area contributed by atoms with Crippen molar-refractivity contribution >= 4 is 11.9 Å². The summed E-state index contributed by atoms with van der Waals surface area (Å²) in [7, 11) is 0. The van der Waals surface area contributed by atoms with Crippen LogP contribution < -0.4 is 16.6 Å². The number of hydrazine groups is 1. The molecule has 0 aromatic carbocycles. The molecule has 1 aliphatic rings. The van der Waals surface area contributed by atoms with Crippen LogP contribution >= 0.6 is 0 Å². The smallest absolute Gasteiger partial charge is 0.318 e. The van der Waals surface area contributed by atoms with Gasteiger partial charge in [0.25, 0.3) is 5.91 Å². The monoisotopic (exact) mass is 216 g/mol. The number of carbonyl (C=O) groups excluding carboxylic acids is 2. The highest BCUT2D eigenvalue weighted by Crippen LogP contribution is 1.97. The van der Waals surface area contributed by atoms with E-state index in [0.717, 1.165) is 0 Å². The number of nitrogens with one attached hydrogen (secondary N) is 2. The molecule has 15 heavy (non-hydrogen) atoms. The Balaban J connectivity index is 2.36. The molecule has 0 bridgehead atoms. The summed E-state index contributed by atoms with van der Waals surface area (Å²) in [4.78, 5) is 24.2. The van der Waals surface area contributed by atoms with Gasteiger partial charge in [0.15, 0.2) is 0 Å². The summed E-state index contributed by atoms with van der Waals surface area (Å²) in [6.07, 6.45) is 0. The van der Waals surface area contributed by atoms with Crippen molar-refractivity contribution in [3.8, 4) is 0 Å². The first-order valence-electron chi connectivity index (χ1n) is 4.79. The predicted octanol–water partition coefficient (Wildman–Crippen LogP) is -1.59. The fraction of sp³-hybridized carbons (Fsp3) is 0.750. The van der Waals surface area contributed by atoms with Crippen LogP contribution in [0.15, 0.2) is 0 Å². The summed E-state index contributed by atoms with van der Waals surface area (Å²) >= 11 is 0. The molecule has 1 rings (SSSR count). The van der Waals surface area contributed by atoms with Crippen LogP contribution in [0.3, 0.4) is 0 Å². The SMILES string of the molecule is C[C@H](NC(=O)N1CCOCC1)C(=O)NN. The van der Waals surface area contributed by atoms with Crippen LogP contribution in [-0.4, -0.2) is 49.2 Å². The molecule has 3 amide bonds. The summed E-state index contributed by atoms with van der Waals surface area (Å²) in [6.45, 7) is 3.72. The third-order valence-corrected chi connectivity index (χ3v) is 2.17. The molecular formula is C8H16N4O3. The average Bonchev–Trinajstić information content (AvgIpc) is 2.29. The van der Waals surface area contributed by atoms with E-state index in [2.05, 4.69) is 5.32 Å². The Kier molecular flexibility index (Phi) is 4.32. The van der Waals surface area contributed by atoms with Gasteiger partial charge < -0.3 is 15.0 Å². The lowest BCUT2D eigenvalue weighted by Crippen LogP contribution is -2.53. The van der Waals surface area contributed by atoms with Crippen molar-refractivity contribution in [2.75, 3.05) is 26.3 Å². The Morgan fingerprint density at radius 3 is 2.53 bits per heavy atom. The van der Waals surface area contributed by atoms with Gasteiger partial charge in [-0.2, -0.15) is 0 Å². The Bertz CT molecular complexity index is 240. The maximum absolute atomic E-state index is 11.6. The highest BCUT2D eigenvalue weighted by molar-refractivity contribution is 5.86. The molecule has 7 nitrogen and oxygen atoms in total. The molecule has 0 spiro atoms. The number of nitrogens with zero attached hydrogens (tertiary/aromatic N) is 1. The van der Waals surface area contributed by atoms with Crippen LogP contribution in [0.4, 0.5) is 4.79 Å². The van der Waals surface area contributed by atoms with Gasteiger partial charge in [0.1, 0.15) is 6.04 Å². The maximum Gasteiger partial charge on any atom is 0.318 e. The minimum absolute atomic E-state index is 0.269. The van der Waals surface area contributed by atoms with Crippen LogP contribution in [0, 0.1) is 0 Å². The molecule has 1 atom stereocenters. The Morgan fingerprint density at radius 1 is 1.40 bits per heavy atom. The highest BCUT2D eigenvalue weighted by atomic mass is 16.5. The number of carbonyl (C=O) groups is 2. The van der Waals surface area contributed by atoms with E-state index in [1.807, 2.05) is 5.43 Å². The number of rotatable bonds is 2. The minimum Gasteiger partial charge on any atom is -0.378 e. The number of amides is 3. The zero-order chi connectivity index (χ0) is 11.3. The van der Waals surface area contributed by atoms with E-state index >= 15 is 0 Å². The molecule has 86 valence electrons. The molecule has 1 fully saturated rings. The van der Waals surface area contributed by atoms with Gasteiger partial charge in [0.05, 0.1) is 13.2 Å². The molecular weight excluding hydrogens is 200 g/mol. The number of morpholine rings is 1. The van der Waals surface area contributed by atoms with Crippen LogP contribution in [0.1, 0.15) is 6.92 Å². The van der Waals surface area contributed by atoms with Gasteiger partial charge in [-0.1, -0.05) is 0 Å². The fourth-order valence-corrected chi connectivity index (χ4v) is 1.23. The van der Waals surface area contributed by atoms with E-state index < -0.39 is 11.9 Å². The first-order chi connectivity index (χ1) is 7.15. The van der Waals surface area contributed by atoms with Gasteiger partial charge >= 0.3 is 6.03 Å². The molecule has 7 heteroatoms. The van der Waals surface area contributed by atoms with E-state index in [4.69, 9.17) is 10.6 Å². The van der Waals surface area contributed by atoms with Crippen molar-refractivity contribution in [1.82, 2.24) is 15.6 Å². The van der Waals surface area contributed by atoms with E-state index in [9.17, 15) is 9.59 Å². The van der Waals surface area contributed by atoms with E-state index in [-0.39, 0.29) is 6.03 Å². The van der Waals surface area contributed by atoms with Crippen LogP contribution in [0.2, 0.25) is 0 Å². The van der Waals surface area contributed by atoms with E-state index in [1.165, 1.54) is 0 Å². The average molecular weight is 216 g/mol. The molecule has 0 aliphatic carbocycles. The topological polar surface area (TPSA) is 96.7 Å². The number of nitrogens with two attached hydrogens (primary N) is 1. The molecule has 1 heterocycles. The second kappa shape index (κ2) is 5.52. The lowest BCUT2D eigenvalue weighted by Gasteiger charge is -2.28. The second-order valence-electron chi connectivity index (χ2n) is 3.28. The summed E-state index contributed by atoms with van der Waals surface area (Å²) in [6, 6.07) is -0.903. The third kappa shape index (κ3) is 3.37. The highest BCUT2D eigenvalue weighted by Gasteiger charge is 2.20. The molecule has 0 aromatic rings. The van der Waals surface area contributed by atoms with Gasteiger partial charge in [-0.05, 0) is 6.92 Å². The molecule has 1 saturated heterocycles. The number of hydrogen-bond donors (Lipinski definition) is 3. The number of hydrogen-bond acceptors (Lipinski definition) is 4. The standard InChI is InChI=1S/C8H16N4O3/c1-6(7(13)11-9)10-8(14)12-2-4-15-5-3-12/h6H,2-5,9H2,1H3,(H,10,14)(H,11,13)/t6-/m0/s1. The van der Waals surface area contributed by atoms with Crippen molar-refractivity contribution in [3.63, 3.8) is 0 Å². The molecule has 1 aliphatic heterocycles. The first kappa shape index (κ1) is 11.7.